The van der Waals surface area contributed by atoms with Gasteiger partial charge in [-0.05, 0) is 18.4 Å². The van der Waals surface area contributed by atoms with Crippen LogP contribution in [0.4, 0.5) is 4.39 Å². The number of halogens is 1. The molecule has 4 rings (SSSR count). The Balaban J connectivity index is 2.02. The zero-order chi connectivity index (χ0) is 16.7. The molecule has 0 bridgehead atoms. The van der Waals surface area contributed by atoms with Crippen LogP contribution in [0.15, 0.2) is 58.6 Å². The van der Waals surface area contributed by atoms with Crippen molar-refractivity contribution in [1.29, 1.82) is 0 Å². The van der Waals surface area contributed by atoms with Gasteiger partial charge in [0, 0.05) is 10.8 Å². The summed E-state index contributed by atoms with van der Waals surface area (Å²) < 4.78 is 14.3. The van der Waals surface area contributed by atoms with E-state index in [0.717, 1.165) is 0 Å². The highest BCUT2D eigenvalue weighted by atomic mass is 32.2. The number of fused-ring (bicyclic) bond motifs is 2. The number of thioether (sulfide) groups is 1. The minimum atomic E-state index is -0.718. The lowest BCUT2D eigenvalue weighted by Gasteiger charge is -2.33. The van der Waals surface area contributed by atoms with E-state index < -0.39 is 6.17 Å². The van der Waals surface area contributed by atoms with E-state index >= 15 is 0 Å². The van der Waals surface area contributed by atoms with Gasteiger partial charge in [0.1, 0.15) is 11.5 Å². The molecule has 0 saturated heterocycles. The molecule has 24 heavy (non-hydrogen) atoms. The van der Waals surface area contributed by atoms with Crippen molar-refractivity contribution < 1.29 is 9.18 Å². The molecule has 2 aliphatic rings. The van der Waals surface area contributed by atoms with E-state index in [1.54, 1.807) is 18.2 Å². The lowest BCUT2D eigenvalue weighted by Crippen LogP contribution is -2.50. The predicted molar refractivity (Wildman–Crippen MR) is 90.7 cm³/mol. The number of hydrogen-bond donors (Lipinski definition) is 1. The number of hydrogen-bond acceptors (Lipinski definition) is 5. The fraction of sp³-hybridized carbons (Fsp3) is 0.118. The van der Waals surface area contributed by atoms with Crippen LogP contribution in [0.25, 0.3) is 5.70 Å². The number of nitrogens with one attached hydrogen (secondary N) is 1. The molecule has 0 saturated carbocycles. The lowest BCUT2D eigenvalue weighted by atomic mass is 10.1. The summed E-state index contributed by atoms with van der Waals surface area (Å²) in [5.74, 6) is -0.644. The number of carbonyl (C=O) groups excluding carboxylic acids is 1. The number of rotatable bonds is 1. The second-order valence-corrected chi connectivity index (χ2v) is 6.09. The van der Waals surface area contributed by atoms with E-state index in [0.29, 0.717) is 27.0 Å². The molecule has 0 aromatic heterocycles. The van der Waals surface area contributed by atoms with Gasteiger partial charge in [0.25, 0.3) is 5.91 Å². The summed E-state index contributed by atoms with van der Waals surface area (Å²) in [7, 11) is 0. The maximum atomic E-state index is 14.3. The number of amidine groups is 1. The minimum Gasteiger partial charge on any atom is -0.298 e. The summed E-state index contributed by atoms with van der Waals surface area (Å²) >= 11 is 1.32. The quantitative estimate of drug-likeness (QED) is 0.852. The molecule has 0 unspecified atom stereocenters. The molecule has 0 aliphatic carbocycles. The summed E-state index contributed by atoms with van der Waals surface area (Å²) in [6.07, 6.45) is 1.10. The van der Waals surface area contributed by atoms with Gasteiger partial charge >= 0.3 is 0 Å². The Morgan fingerprint density at radius 1 is 1.17 bits per heavy atom. The molecule has 2 heterocycles. The van der Waals surface area contributed by atoms with Crippen LogP contribution in [0.5, 0.6) is 0 Å². The van der Waals surface area contributed by atoms with Gasteiger partial charge in [-0.25, -0.2) is 9.40 Å². The zero-order valence-electron chi connectivity index (χ0n) is 12.7. The normalized spacial score (nSPS) is 19.0. The summed E-state index contributed by atoms with van der Waals surface area (Å²) in [5.41, 5.74) is 0.759. The molecule has 5 nitrogen and oxygen atoms in total. The molecule has 0 radical (unpaired) electrons. The van der Waals surface area contributed by atoms with E-state index in [2.05, 4.69) is 15.4 Å². The maximum Gasteiger partial charge on any atom is 0.276 e. The molecule has 2 aromatic carbocycles. The molecule has 1 atom stereocenters. The Hall–Kier alpha value is -2.67. The van der Waals surface area contributed by atoms with Crippen molar-refractivity contribution in [2.75, 3.05) is 6.26 Å². The molecular formula is C17H13FN4OS. The Kier molecular flexibility index (Phi) is 3.57. The van der Waals surface area contributed by atoms with Gasteiger partial charge in [-0.2, -0.15) is 0 Å². The SMILES string of the molecule is CSC1=NN2C(=c3ccccc3=N[C@@H]2c2ccccc2F)C(=O)N1. The first-order chi connectivity index (χ1) is 11.7. The van der Waals surface area contributed by atoms with Crippen molar-refractivity contribution in [3.63, 3.8) is 0 Å². The maximum absolute atomic E-state index is 14.3. The summed E-state index contributed by atoms with van der Waals surface area (Å²) in [5, 5.41) is 10.5. The van der Waals surface area contributed by atoms with Gasteiger partial charge in [0.05, 0.1) is 5.36 Å². The van der Waals surface area contributed by atoms with Gasteiger partial charge < -0.3 is 0 Å². The van der Waals surface area contributed by atoms with Crippen LogP contribution in [0, 0.1) is 5.82 Å². The highest BCUT2D eigenvalue weighted by Gasteiger charge is 2.35. The van der Waals surface area contributed by atoms with Crippen LogP contribution in [-0.2, 0) is 4.79 Å². The molecule has 2 aliphatic heterocycles. The monoisotopic (exact) mass is 340 g/mol. The first-order valence-electron chi connectivity index (χ1n) is 7.34. The molecule has 0 spiro atoms. The number of hydrazone groups is 1. The molecule has 0 fully saturated rings. The molecule has 7 heteroatoms. The Morgan fingerprint density at radius 2 is 1.92 bits per heavy atom. The van der Waals surface area contributed by atoms with Crippen molar-refractivity contribution >= 4 is 28.5 Å². The molecular weight excluding hydrogens is 327 g/mol. The molecule has 2 aromatic rings. The summed E-state index contributed by atoms with van der Waals surface area (Å²) in [6.45, 7) is 0. The topological polar surface area (TPSA) is 57.1 Å². The first-order valence-corrected chi connectivity index (χ1v) is 8.56. The molecule has 120 valence electrons. The number of para-hydroxylation sites is 1. The fourth-order valence-electron chi connectivity index (χ4n) is 2.81. The summed E-state index contributed by atoms with van der Waals surface area (Å²) in [4.78, 5) is 17.2. The molecule has 1 amide bonds. The number of nitrogens with zero attached hydrogens (tertiary/aromatic N) is 3. The van der Waals surface area contributed by atoms with Crippen LogP contribution < -0.4 is 15.9 Å². The first kappa shape index (κ1) is 14.9. The van der Waals surface area contributed by atoms with Crippen molar-refractivity contribution in [3.05, 3.63) is 70.5 Å². The van der Waals surface area contributed by atoms with Crippen LogP contribution in [0.1, 0.15) is 11.7 Å². The minimum absolute atomic E-state index is 0.266. The van der Waals surface area contributed by atoms with E-state index in [1.807, 2.05) is 30.5 Å². The zero-order valence-corrected chi connectivity index (χ0v) is 13.5. The second-order valence-electron chi connectivity index (χ2n) is 5.30. The largest absolute Gasteiger partial charge is 0.298 e. The number of amides is 1. The highest BCUT2D eigenvalue weighted by Crippen LogP contribution is 2.31. The third-order valence-electron chi connectivity index (χ3n) is 3.89. The van der Waals surface area contributed by atoms with Gasteiger partial charge in [0.15, 0.2) is 11.3 Å². The Labute approximate surface area is 141 Å². The van der Waals surface area contributed by atoms with E-state index in [4.69, 9.17) is 0 Å². The van der Waals surface area contributed by atoms with Gasteiger partial charge in [-0.3, -0.25) is 15.1 Å². The van der Waals surface area contributed by atoms with Crippen LogP contribution >= 0.6 is 11.8 Å². The van der Waals surface area contributed by atoms with Crippen LogP contribution in [-0.4, -0.2) is 22.3 Å². The highest BCUT2D eigenvalue weighted by molar-refractivity contribution is 8.13. The van der Waals surface area contributed by atoms with Gasteiger partial charge in [0.2, 0.25) is 0 Å². The second kappa shape index (κ2) is 5.76. The Bertz CT molecular complexity index is 988. The number of carbonyl (C=O) groups is 1. The predicted octanol–water partition coefficient (Wildman–Crippen LogP) is 1.33. The summed E-state index contributed by atoms with van der Waals surface area (Å²) in [6, 6.07) is 13.7. The van der Waals surface area contributed by atoms with E-state index in [9.17, 15) is 9.18 Å². The van der Waals surface area contributed by atoms with Crippen molar-refractivity contribution in [1.82, 2.24) is 10.3 Å². The van der Waals surface area contributed by atoms with E-state index in [-0.39, 0.29) is 11.7 Å². The Morgan fingerprint density at radius 3 is 2.71 bits per heavy atom. The van der Waals surface area contributed by atoms with Crippen LogP contribution in [0.3, 0.4) is 0 Å². The van der Waals surface area contributed by atoms with Crippen molar-refractivity contribution in [2.24, 2.45) is 10.1 Å². The van der Waals surface area contributed by atoms with Gasteiger partial charge in [-0.15, -0.1) is 5.10 Å². The van der Waals surface area contributed by atoms with Gasteiger partial charge in [-0.1, -0.05) is 48.2 Å². The third kappa shape index (κ3) is 2.28. The van der Waals surface area contributed by atoms with Crippen molar-refractivity contribution in [3.8, 4) is 0 Å². The lowest BCUT2D eigenvalue weighted by molar-refractivity contribution is -0.116. The fourth-order valence-corrected chi connectivity index (χ4v) is 3.17. The number of benzene rings is 2. The van der Waals surface area contributed by atoms with Crippen molar-refractivity contribution in [2.45, 2.75) is 6.17 Å². The third-order valence-corrected chi connectivity index (χ3v) is 4.46. The van der Waals surface area contributed by atoms with Crippen LogP contribution in [0.2, 0.25) is 0 Å². The average Bonchev–Trinajstić information content (AvgIpc) is 2.61. The average molecular weight is 340 g/mol. The van der Waals surface area contributed by atoms with E-state index in [1.165, 1.54) is 22.8 Å². The standard InChI is InChI=1S/C17H13FN4OS/c1-24-17-20-16(23)14-11-7-3-5-9-13(11)19-15(22(14)21-17)10-6-2-4-8-12(10)18/h2-9,15H,1H3,(H,20,21,23)/t15-/m0/s1. The smallest absolute Gasteiger partial charge is 0.276 e. The molecule has 1 N–H and O–H groups in total.